The highest BCUT2D eigenvalue weighted by molar-refractivity contribution is 6.77. The van der Waals surface area contributed by atoms with E-state index in [9.17, 15) is 4.79 Å². The van der Waals surface area contributed by atoms with Gasteiger partial charge in [0.25, 0.3) is 0 Å². The van der Waals surface area contributed by atoms with Crippen LogP contribution in [0.15, 0.2) is 41.5 Å². The van der Waals surface area contributed by atoms with Crippen LogP contribution in [-0.4, -0.2) is 18.6 Å². The smallest absolute Gasteiger partial charge is 0.422 e. The second-order valence-corrected chi connectivity index (χ2v) is 7.44. The lowest BCUT2D eigenvalue weighted by molar-refractivity contribution is 0.134. The fourth-order valence-electron chi connectivity index (χ4n) is 3.52. The molecule has 4 nitrogen and oxygen atoms in total. The second-order valence-electron chi connectivity index (χ2n) is 7.44. The van der Waals surface area contributed by atoms with Gasteiger partial charge in [0.2, 0.25) is 0 Å². The summed E-state index contributed by atoms with van der Waals surface area (Å²) < 4.78 is 11.9. The van der Waals surface area contributed by atoms with Gasteiger partial charge in [0, 0.05) is 16.7 Å². The Morgan fingerprint density at radius 1 is 1.12 bits per heavy atom. The summed E-state index contributed by atoms with van der Waals surface area (Å²) in [4.78, 5) is 14.3. The summed E-state index contributed by atoms with van der Waals surface area (Å²) >= 11 is 0. The molecule has 2 aromatic rings. The van der Waals surface area contributed by atoms with Crippen LogP contribution in [-0.2, 0) is 4.65 Å². The summed E-state index contributed by atoms with van der Waals surface area (Å²) in [6.07, 6.45) is -0.353. The summed E-state index contributed by atoms with van der Waals surface area (Å²) in [7, 11) is 0. The van der Waals surface area contributed by atoms with E-state index in [1.165, 1.54) is 0 Å². The van der Waals surface area contributed by atoms with Crippen LogP contribution in [0.1, 0.15) is 34.6 Å². The molecule has 2 aromatic carbocycles. The molecule has 0 bridgehead atoms. The quantitative estimate of drug-likeness (QED) is 0.745. The molecule has 0 radical (unpaired) electrons. The van der Waals surface area contributed by atoms with Crippen molar-refractivity contribution in [3.63, 3.8) is 0 Å². The van der Waals surface area contributed by atoms with Gasteiger partial charge in [-0.2, -0.15) is 0 Å². The second kappa shape index (κ2) is 4.87. The largest absolute Gasteiger partial charge is 0.424 e. The molecule has 0 saturated carbocycles. The molecule has 24 heavy (non-hydrogen) atoms. The highest BCUT2D eigenvalue weighted by atomic mass is 16.6. The lowest BCUT2D eigenvalue weighted by Crippen LogP contribution is -2.51. The van der Waals surface area contributed by atoms with Crippen LogP contribution in [0.25, 0.3) is 10.8 Å². The zero-order chi connectivity index (χ0) is 17.2. The van der Waals surface area contributed by atoms with E-state index in [2.05, 4.69) is 12.1 Å². The van der Waals surface area contributed by atoms with Gasteiger partial charge in [-0.15, -0.1) is 0 Å². The van der Waals surface area contributed by atoms with Crippen LogP contribution in [0.5, 0.6) is 5.75 Å². The number of nitrogens with zero attached hydrogens (tertiary/aromatic N) is 1. The van der Waals surface area contributed by atoms with Gasteiger partial charge < -0.3 is 9.39 Å². The van der Waals surface area contributed by atoms with Crippen LogP contribution in [0, 0.1) is 0 Å². The molecule has 0 unspecified atom stereocenters. The van der Waals surface area contributed by atoms with E-state index < -0.39 is 0 Å². The Balaban J connectivity index is 2.05. The normalized spacial score (nSPS) is 16.8. The minimum absolute atomic E-state index is 0.167. The number of carbonyl (C=O) groups is 1. The highest BCUT2D eigenvalue weighted by Crippen LogP contribution is 2.42. The number of benzene rings is 2. The van der Waals surface area contributed by atoms with Crippen LogP contribution in [0.3, 0.4) is 0 Å². The highest BCUT2D eigenvalue weighted by Gasteiger charge is 2.42. The first-order chi connectivity index (χ1) is 11.3. The number of amides is 1. The van der Waals surface area contributed by atoms with Crippen LogP contribution < -0.4 is 15.1 Å². The zero-order valence-electron chi connectivity index (χ0n) is 14.6. The zero-order valence-corrected chi connectivity index (χ0v) is 14.6. The first-order valence-corrected chi connectivity index (χ1v) is 8.21. The number of rotatable bonds is 1. The van der Waals surface area contributed by atoms with Crippen molar-refractivity contribution >= 4 is 34.9 Å². The van der Waals surface area contributed by atoms with Gasteiger partial charge >= 0.3 is 13.0 Å². The first-order valence-electron chi connectivity index (χ1n) is 8.21. The number of anilines is 1. The number of ether oxygens (including phenoxy) is 1. The molecule has 2 aliphatic heterocycles. The van der Waals surface area contributed by atoms with Crippen molar-refractivity contribution in [3.05, 3.63) is 41.5 Å². The van der Waals surface area contributed by atoms with Crippen molar-refractivity contribution < 1.29 is 14.2 Å². The average Bonchev–Trinajstić information content (AvgIpc) is 2.50. The van der Waals surface area contributed by atoms with Gasteiger partial charge in [-0.1, -0.05) is 24.3 Å². The van der Waals surface area contributed by atoms with Crippen molar-refractivity contribution in [2.45, 2.75) is 40.2 Å². The van der Waals surface area contributed by atoms with Crippen molar-refractivity contribution in [2.75, 3.05) is 4.90 Å². The minimum atomic E-state index is -0.353. The predicted molar refractivity (Wildman–Crippen MR) is 97.1 cm³/mol. The minimum Gasteiger partial charge on any atom is -0.422 e. The van der Waals surface area contributed by atoms with Gasteiger partial charge in [-0.05, 0) is 57.0 Å². The van der Waals surface area contributed by atoms with Gasteiger partial charge in [-0.3, -0.25) is 4.90 Å². The molecule has 0 aliphatic carbocycles. The Kier molecular flexibility index (Phi) is 3.10. The van der Waals surface area contributed by atoms with Crippen molar-refractivity contribution in [3.8, 4) is 5.75 Å². The fourth-order valence-corrected chi connectivity index (χ4v) is 3.52. The molecular formula is C19H20BNO3. The molecule has 2 heterocycles. The van der Waals surface area contributed by atoms with E-state index >= 15 is 0 Å². The standard InChI is InChI=1S/C19H20BNO3/c1-11-12(2)21-17-14(20(11)24-19(3,4)5)10-9-13-7-6-8-15(16(13)17)23-18(21)22/h6-10H,1-5H3. The number of allylic oxidation sites excluding steroid dienone is 2. The average molecular weight is 321 g/mol. The molecule has 5 heteroatoms. The number of hydrogen-bond acceptors (Lipinski definition) is 3. The van der Waals surface area contributed by atoms with E-state index in [1.807, 2.05) is 52.8 Å². The molecule has 2 aliphatic rings. The van der Waals surface area contributed by atoms with Crippen LogP contribution >= 0.6 is 0 Å². The molecule has 0 spiro atoms. The topological polar surface area (TPSA) is 38.8 Å². The van der Waals surface area contributed by atoms with Crippen molar-refractivity contribution in [1.82, 2.24) is 0 Å². The summed E-state index contributed by atoms with van der Waals surface area (Å²) in [6, 6.07) is 9.93. The molecule has 0 atom stereocenters. The third kappa shape index (κ3) is 2.08. The Morgan fingerprint density at radius 2 is 1.88 bits per heavy atom. The van der Waals surface area contributed by atoms with Gasteiger partial charge in [0.05, 0.1) is 5.69 Å². The summed E-state index contributed by atoms with van der Waals surface area (Å²) in [5.74, 6) is 0.618. The SMILES string of the molecule is CC1=C(C)N2C(=O)Oc3cccc4ccc(c2c34)B1OC(C)(C)C. The monoisotopic (exact) mass is 321 g/mol. The maximum Gasteiger partial charge on any atom is 0.424 e. The fraction of sp³-hybridized carbons (Fsp3) is 0.316. The maximum absolute atomic E-state index is 12.6. The molecule has 4 rings (SSSR count). The van der Waals surface area contributed by atoms with Crippen LogP contribution in [0.2, 0.25) is 0 Å². The maximum atomic E-state index is 12.6. The van der Waals surface area contributed by atoms with Gasteiger partial charge in [0.1, 0.15) is 5.75 Å². The molecule has 122 valence electrons. The van der Waals surface area contributed by atoms with Crippen molar-refractivity contribution in [2.24, 2.45) is 0 Å². The van der Waals surface area contributed by atoms with E-state index in [-0.39, 0.29) is 18.6 Å². The Hall–Kier alpha value is -2.27. The molecule has 0 N–H and O–H groups in total. The van der Waals surface area contributed by atoms with Gasteiger partial charge in [0.15, 0.2) is 0 Å². The van der Waals surface area contributed by atoms with E-state index in [1.54, 1.807) is 4.90 Å². The molecular weight excluding hydrogens is 301 g/mol. The molecule has 0 fully saturated rings. The summed E-state index contributed by atoms with van der Waals surface area (Å²) in [5, 5.41) is 2.04. The first kappa shape index (κ1) is 15.3. The van der Waals surface area contributed by atoms with Crippen LogP contribution in [0.4, 0.5) is 10.5 Å². The Morgan fingerprint density at radius 3 is 2.58 bits per heavy atom. The lowest BCUT2D eigenvalue weighted by atomic mass is 9.51. The molecule has 1 amide bonds. The van der Waals surface area contributed by atoms with E-state index in [0.29, 0.717) is 5.75 Å². The lowest BCUT2D eigenvalue weighted by Gasteiger charge is -2.39. The summed E-state index contributed by atoms with van der Waals surface area (Å²) in [5.41, 5.74) is 3.54. The number of hydrogen-bond donors (Lipinski definition) is 0. The van der Waals surface area contributed by atoms with E-state index in [4.69, 9.17) is 9.39 Å². The third-order valence-corrected chi connectivity index (χ3v) is 4.67. The summed E-state index contributed by atoms with van der Waals surface area (Å²) in [6.45, 7) is 9.95. The van der Waals surface area contributed by atoms with Crippen molar-refractivity contribution in [1.29, 1.82) is 0 Å². The predicted octanol–water partition coefficient (Wildman–Crippen LogP) is 4.02. The number of carbonyl (C=O) groups excluding carboxylic acids is 1. The van der Waals surface area contributed by atoms with Gasteiger partial charge in [-0.25, -0.2) is 4.79 Å². The molecule has 0 saturated heterocycles. The Bertz CT molecular complexity index is 911. The third-order valence-electron chi connectivity index (χ3n) is 4.67. The van der Waals surface area contributed by atoms with E-state index in [0.717, 1.165) is 33.1 Å². The molecule has 0 aromatic heterocycles. The Labute approximate surface area is 142 Å².